The molecule has 0 saturated heterocycles. The van der Waals surface area contributed by atoms with Gasteiger partial charge in [0.1, 0.15) is 23.2 Å². The van der Waals surface area contributed by atoms with Gasteiger partial charge in [-0.25, -0.2) is 0 Å². The lowest BCUT2D eigenvalue weighted by Crippen LogP contribution is -2.26. The van der Waals surface area contributed by atoms with Crippen molar-refractivity contribution in [2.45, 2.75) is 17.9 Å². The predicted octanol–water partition coefficient (Wildman–Crippen LogP) is 4.00. The Bertz CT molecular complexity index is 767. The highest BCUT2D eigenvalue weighted by Crippen LogP contribution is 2.22. The number of nitriles is 1. The molecule has 0 atom stereocenters. The molecule has 0 aliphatic heterocycles. The summed E-state index contributed by atoms with van der Waals surface area (Å²) in [5, 5.41) is 11.8. The van der Waals surface area contributed by atoms with E-state index in [1.807, 2.05) is 36.4 Å². The molecular weight excluding hydrogens is 346 g/mol. The topological polar surface area (TPSA) is 66.0 Å². The first kappa shape index (κ1) is 18.7. The summed E-state index contributed by atoms with van der Waals surface area (Å²) in [5.41, 5.74) is 0.980. The number of alkyl halides is 2. The molecule has 7 heteroatoms. The second-order valence-electron chi connectivity index (χ2n) is 5.04. The molecule has 1 aromatic carbocycles. The van der Waals surface area contributed by atoms with Crippen LogP contribution in [0, 0.1) is 11.3 Å². The summed E-state index contributed by atoms with van der Waals surface area (Å²) in [5.74, 6) is -2.32. The maximum atomic E-state index is 12.2. The number of nitrogens with one attached hydrogen (secondary N) is 1. The molecule has 25 heavy (non-hydrogen) atoms. The van der Waals surface area contributed by atoms with E-state index in [-0.39, 0.29) is 17.1 Å². The Morgan fingerprint density at radius 1 is 1.28 bits per heavy atom. The second kappa shape index (κ2) is 9.64. The third-order valence-electron chi connectivity index (χ3n) is 3.23. The third kappa shape index (κ3) is 6.43. The van der Waals surface area contributed by atoms with Gasteiger partial charge in [-0.05, 0) is 24.1 Å². The van der Waals surface area contributed by atoms with Gasteiger partial charge in [0, 0.05) is 12.6 Å². The molecule has 0 aliphatic carbocycles. The average Bonchev–Trinajstić information content (AvgIpc) is 3.06. The van der Waals surface area contributed by atoms with Gasteiger partial charge < -0.3 is 9.73 Å². The summed E-state index contributed by atoms with van der Waals surface area (Å²) in [4.78, 5) is 12.0. The number of furan rings is 1. The normalized spacial score (nSPS) is 11.4. The number of hydrogen-bond acceptors (Lipinski definition) is 4. The van der Waals surface area contributed by atoms with Crippen LogP contribution in [0.25, 0.3) is 6.08 Å². The van der Waals surface area contributed by atoms with Crippen LogP contribution in [0.15, 0.2) is 52.5 Å². The van der Waals surface area contributed by atoms with Gasteiger partial charge in [-0.3, -0.25) is 4.79 Å². The maximum absolute atomic E-state index is 12.2. The van der Waals surface area contributed by atoms with Gasteiger partial charge in [0.15, 0.2) is 0 Å². The van der Waals surface area contributed by atoms with Crippen LogP contribution in [0.1, 0.15) is 17.1 Å². The summed E-state index contributed by atoms with van der Waals surface area (Å²) in [6, 6.07) is 14.6. The van der Waals surface area contributed by atoms with E-state index in [1.165, 1.54) is 12.1 Å². The van der Waals surface area contributed by atoms with Crippen LogP contribution in [0.2, 0.25) is 0 Å². The first-order chi connectivity index (χ1) is 12.1. The fourth-order valence-electron chi connectivity index (χ4n) is 2.05. The minimum Gasteiger partial charge on any atom is -0.461 e. The second-order valence-corrected chi connectivity index (χ2v) is 6.02. The van der Waals surface area contributed by atoms with Crippen molar-refractivity contribution < 1.29 is 18.0 Å². The van der Waals surface area contributed by atoms with Crippen LogP contribution < -0.4 is 5.32 Å². The summed E-state index contributed by atoms with van der Waals surface area (Å²) in [6.07, 6.45) is 1.95. The Morgan fingerprint density at radius 3 is 2.72 bits per heavy atom. The van der Waals surface area contributed by atoms with E-state index in [1.54, 1.807) is 6.07 Å². The number of halogens is 2. The van der Waals surface area contributed by atoms with Gasteiger partial charge in [-0.1, -0.05) is 42.1 Å². The van der Waals surface area contributed by atoms with Crippen LogP contribution in [-0.2, 0) is 17.0 Å². The van der Waals surface area contributed by atoms with Crippen molar-refractivity contribution in [3.8, 4) is 6.07 Å². The van der Waals surface area contributed by atoms with Crippen LogP contribution in [-0.4, -0.2) is 18.2 Å². The van der Waals surface area contributed by atoms with E-state index in [4.69, 9.17) is 9.68 Å². The molecule has 0 bridgehead atoms. The summed E-state index contributed by atoms with van der Waals surface area (Å²) in [6.45, 7) is 0.399. The molecule has 1 heterocycles. The van der Waals surface area contributed by atoms with E-state index in [0.29, 0.717) is 30.5 Å². The molecule has 1 N–H and O–H groups in total. The Hall–Kier alpha value is -2.59. The maximum Gasteiger partial charge on any atom is 0.284 e. The van der Waals surface area contributed by atoms with Crippen molar-refractivity contribution >= 4 is 23.7 Å². The van der Waals surface area contributed by atoms with Crippen molar-refractivity contribution in [2.24, 2.45) is 0 Å². The molecule has 1 amide bonds. The van der Waals surface area contributed by atoms with Crippen molar-refractivity contribution in [1.82, 2.24) is 5.32 Å². The molecule has 4 nitrogen and oxygen atoms in total. The highest BCUT2D eigenvalue weighted by atomic mass is 32.2. The minimum atomic E-state index is -2.48. The van der Waals surface area contributed by atoms with Gasteiger partial charge in [-0.2, -0.15) is 14.0 Å². The Morgan fingerprint density at radius 2 is 2.04 bits per heavy atom. The molecular formula is C18H16F2N2O2S. The van der Waals surface area contributed by atoms with Crippen molar-refractivity contribution in [3.63, 3.8) is 0 Å². The lowest BCUT2D eigenvalue weighted by Gasteiger charge is -2.04. The fourth-order valence-corrected chi connectivity index (χ4v) is 2.49. The molecule has 0 saturated carbocycles. The first-order valence-corrected chi connectivity index (χ1v) is 8.55. The van der Waals surface area contributed by atoms with E-state index >= 15 is 0 Å². The number of benzene rings is 1. The standard InChI is InChI=1S/C18H16F2N2O2S/c19-18(20)25-12-16-7-6-15(24-16)10-14(11-21)17(23)22-9-8-13-4-2-1-3-5-13/h1-7,10,18H,8-9,12H2,(H,22,23)/b14-10+. The zero-order valence-electron chi connectivity index (χ0n) is 13.2. The van der Waals surface area contributed by atoms with Crippen molar-refractivity contribution in [2.75, 3.05) is 6.54 Å². The van der Waals surface area contributed by atoms with Crippen LogP contribution in [0.5, 0.6) is 0 Å². The zero-order valence-corrected chi connectivity index (χ0v) is 14.1. The molecule has 0 fully saturated rings. The Labute approximate surface area is 148 Å². The number of rotatable bonds is 8. The van der Waals surface area contributed by atoms with Crippen LogP contribution >= 0.6 is 11.8 Å². The summed E-state index contributed by atoms with van der Waals surface area (Å²) >= 11 is 0.446. The first-order valence-electron chi connectivity index (χ1n) is 7.51. The van der Waals surface area contributed by atoms with E-state index in [2.05, 4.69) is 5.32 Å². The van der Waals surface area contributed by atoms with E-state index < -0.39 is 11.7 Å². The molecule has 2 aromatic rings. The predicted molar refractivity (Wildman–Crippen MR) is 92.8 cm³/mol. The molecule has 0 radical (unpaired) electrons. The molecule has 1 aromatic heterocycles. The molecule has 0 aliphatic rings. The van der Waals surface area contributed by atoms with Crippen molar-refractivity contribution in [1.29, 1.82) is 5.26 Å². The van der Waals surface area contributed by atoms with Crippen LogP contribution in [0.3, 0.4) is 0 Å². The lowest BCUT2D eigenvalue weighted by atomic mass is 10.1. The third-order valence-corrected chi connectivity index (χ3v) is 3.93. The largest absolute Gasteiger partial charge is 0.461 e. The number of thioether (sulfide) groups is 1. The molecule has 0 spiro atoms. The Balaban J connectivity index is 1.90. The number of amides is 1. The van der Waals surface area contributed by atoms with E-state index in [9.17, 15) is 13.6 Å². The number of carbonyl (C=O) groups excluding carboxylic acids is 1. The van der Waals surface area contributed by atoms with E-state index in [0.717, 1.165) is 5.56 Å². The van der Waals surface area contributed by atoms with Gasteiger partial charge in [0.25, 0.3) is 11.7 Å². The lowest BCUT2D eigenvalue weighted by molar-refractivity contribution is -0.117. The average molecular weight is 362 g/mol. The van der Waals surface area contributed by atoms with Gasteiger partial charge in [0.2, 0.25) is 0 Å². The highest BCUT2D eigenvalue weighted by Gasteiger charge is 2.11. The smallest absolute Gasteiger partial charge is 0.284 e. The molecule has 2 rings (SSSR count). The minimum absolute atomic E-state index is 0.0245. The van der Waals surface area contributed by atoms with Crippen LogP contribution in [0.4, 0.5) is 8.78 Å². The van der Waals surface area contributed by atoms with Gasteiger partial charge in [-0.15, -0.1) is 0 Å². The zero-order chi connectivity index (χ0) is 18.1. The molecule has 0 unspecified atom stereocenters. The quantitative estimate of drug-likeness (QED) is 0.569. The molecule has 130 valence electrons. The van der Waals surface area contributed by atoms with Gasteiger partial charge in [0.05, 0.1) is 5.75 Å². The number of hydrogen-bond donors (Lipinski definition) is 1. The number of carbonyl (C=O) groups is 1. The highest BCUT2D eigenvalue weighted by molar-refractivity contribution is 7.98. The number of nitrogens with zero attached hydrogens (tertiary/aromatic N) is 1. The summed E-state index contributed by atoms with van der Waals surface area (Å²) < 4.78 is 29.6. The van der Waals surface area contributed by atoms with Gasteiger partial charge >= 0.3 is 0 Å². The Kier molecular flexibility index (Phi) is 7.23. The fraction of sp³-hybridized carbons (Fsp3) is 0.222. The SMILES string of the molecule is N#C/C(=C\c1ccc(CSC(F)F)o1)C(=O)NCCc1ccccc1. The summed E-state index contributed by atoms with van der Waals surface area (Å²) in [7, 11) is 0. The monoisotopic (exact) mass is 362 g/mol. The van der Waals surface area contributed by atoms with Crippen molar-refractivity contribution in [3.05, 3.63) is 65.1 Å².